The van der Waals surface area contributed by atoms with Gasteiger partial charge in [-0.05, 0) is 31.9 Å². The zero-order chi connectivity index (χ0) is 15.7. The number of hydrogen-bond acceptors (Lipinski definition) is 5. The number of fused-ring (bicyclic) bond motifs is 3. The number of phenols is 1. The second kappa shape index (κ2) is 5.61. The van der Waals surface area contributed by atoms with Gasteiger partial charge in [0.25, 0.3) is 0 Å². The van der Waals surface area contributed by atoms with Gasteiger partial charge >= 0.3 is 0 Å². The first-order valence-electron chi connectivity index (χ1n) is 7.58. The van der Waals surface area contributed by atoms with Crippen molar-refractivity contribution in [2.75, 3.05) is 6.61 Å². The number of phenolic OH excluding ortho intramolecular Hbond substituents is 1. The molecule has 3 rings (SSSR count). The van der Waals surface area contributed by atoms with Gasteiger partial charge in [0.1, 0.15) is 11.5 Å². The molecule has 0 saturated heterocycles. The van der Waals surface area contributed by atoms with Crippen LogP contribution in [0.2, 0.25) is 0 Å². The van der Waals surface area contributed by atoms with E-state index in [0.717, 1.165) is 37.4 Å². The fourth-order valence-corrected chi connectivity index (χ4v) is 3.60. The molecule has 6 heteroatoms. The van der Waals surface area contributed by atoms with Gasteiger partial charge in [-0.1, -0.05) is 6.42 Å². The molecule has 0 bridgehead atoms. The molecule has 6 nitrogen and oxygen atoms in total. The lowest BCUT2D eigenvalue weighted by atomic mass is 9.78. The van der Waals surface area contributed by atoms with Crippen molar-refractivity contribution in [3.8, 4) is 11.5 Å². The van der Waals surface area contributed by atoms with E-state index in [-0.39, 0.29) is 11.7 Å². The van der Waals surface area contributed by atoms with E-state index in [0.29, 0.717) is 17.9 Å². The van der Waals surface area contributed by atoms with E-state index >= 15 is 0 Å². The van der Waals surface area contributed by atoms with Gasteiger partial charge in [0.15, 0.2) is 0 Å². The van der Waals surface area contributed by atoms with Gasteiger partial charge in [-0.3, -0.25) is 10.1 Å². The van der Waals surface area contributed by atoms with E-state index in [1.807, 2.05) is 6.92 Å². The quantitative estimate of drug-likeness (QED) is 0.681. The second-order valence-corrected chi connectivity index (χ2v) is 5.66. The van der Waals surface area contributed by atoms with E-state index in [2.05, 4.69) is 0 Å². The zero-order valence-electron chi connectivity index (χ0n) is 12.4. The minimum atomic E-state index is -0.694. The Hall–Kier alpha value is -2.08. The largest absolute Gasteiger partial charge is 0.507 e. The van der Waals surface area contributed by atoms with E-state index in [4.69, 9.17) is 9.47 Å². The molecule has 22 heavy (non-hydrogen) atoms. The van der Waals surface area contributed by atoms with Crippen LogP contribution in [-0.4, -0.2) is 22.4 Å². The molecule has 1 aromatic rings. The number of ether oxygens (including phenoxy) is 2. The monoisotopic (exact) mass is 305 g/mol. The SMILES string of the molecule is CCO[C@]12CCCC[C@H]1c1c(ccc(O)c1/C=C/[N+](=O)[O-])O2. The lowest BCUT2D eigenvalue weighted by Gasteiger charge is -2.37. The minimum Gasteiger partial charge on any atom is -0.507 e. The van der Waals surface area contributed by atoms with Crippen molar-refractivity contribution in [3.05, 3.63) is 39.6 Å². The van der Waals surface area contributed by atoms with Crippen LogP contribution >= 0.6 is 0 Å². The first-order valence-corrected chi connectivity index (χ1v) is 7.58. The number of benzene rings is 1. The highest BCUT2D eigenvalue weighted by molar-refractivity contribution is 5.66. The summed E-state index contributed by atoms with van der Waals surface area (Å²) in [7, 11) is 0. The van der Waals surface area contributed by atoms with Gasteiger partial charge < -0.3 is 14.6 Å². The molecule has 0 unspecified atom stereocenters. The summed E-state index contributed by atoms with van der Waals surface area (Å²) in [6.45, 7) is 2.47. The summed E-state index contributed by atoms with van der Waals surface area (Å²) in [5, 5.41) is 20.7. The molecule has 2 aliphatic rings. The van der Waals surface area contributed by atoms with Gasteiger partial charge in [0.05, 0.1) is 10.8 Å². The summed E-state index contributed by atoms with van der Waals surface area (Å²) in [5.74, 6) is -0.0190. The maximum Gasteiger partial charge on any atom is 0.235 e. The number of nitro groups is 1. The average Bonchev–Trinajstić information content (AvgIpc) is 2.81. The lowest BCUT2D eigenvalue weighted by Crippen LogP contribution is -2.43. The maximum absolute atomic E-state index is 10.6. The Morgan fingerprint density at radius 3 is 3.09 bits per heavy atom. The number of aromatic hydroxyl groups is 1. The first-order chi connectivity index (χ1) is 10.6. The lowest BCUT2D eigenvalue weighted by molar-refractivity contribution is -0.400. The van der Waals surface area contributed by atoms with Crippen LogP contribution in [0.1, 0.15) is 49.7 Å². The summed E-state index contributed by atoms with van der Waals surface area (Å²) < 4.78 is 12.0. The number of nitrogens with zero attached hydrogens (tertiary/aromatic N) is 1. The summed E-state index contributed by atoms with van der Waals surface area (Å²) in [6.07, 6.45) is 5.94. The standard InChI is InChI=1S/C16H19NO5/c1-2-21-16-9-4-3-5-12(16)15-11(8-10-17(19)20)13(18)6-7-14(15)22-16/h6-8,10,12,18H,2-5,9H2,1H3/b10-8+/t12-,16-/m0/s1. The summed E-state index contributed by atoms with van der Waals surface area (Å²) in [5.41, 5.74) is 1.29. The molecule has 2 atom stereocenters. The number of hydrogen-bond donors (Lipinski definition) is 1. The molecule has 1 heterocycles. The highest BCUT2D eigenvalue weighted by Gasteiger charge is 2.51. The van der Waals surface area contributed by atoms with Gasteiger partial charge in [0.2, 0.25) is 12.0 Å². The molecule has 1 aliphatic heterocycles. The van der Waals surface area contributed by atoms with Crippen molar-refractivity contribution in [1.82, 2.24) is 0 Å². The Balaban J connectivity index is 2.09. The summed E-state index contributed by atoms with van der Waals surface area (Å²) >= 11 is 0. The Morgan fingerprint density at radius 1 is 1.55 bits per heavy atom. The predicted octanol–water partition coefficient (Wildman–Crippen LogP) is 3.42. The van der Waals surface area contributed by atoms with Crippen LogP contribution < -0.4 is 4.74 Å². The van der Waals surface area contributed by atoms with Crippen LogP contribution in [0.25, 0.3) is 6.08 Å². The average molecular weight is 305 g/mol. The van der Waals surface area contributed by atoms with Crippen molar-refractivity contribution in [1.29, 1.82) is 0 Å². The molecule has 1 fully saturated rings. The molecule has 1 aliphatic carbocycles. The predicted molar refractivity (Wildman–Crippen MR) is 80.3 cm³/mol. The van der Waals surface area contributed by atoms with Gasteiger partial charge in [-0.2, -0.15) is 0 Å². The van der Waals surface area contributed by atoms with Gasteiger partial charge in [-0.25, -0.2) is 0 Å². The highest BCUT2D eigenvalue weighted by Crippen LogP contribution is 2.55. The van der Waals surface area contributed by atoms with E-state index in [9.17, 15) is 15.2 Å². The fourth-order valence-electron chi connectivity index (χ4n) is 3.60. The highest BCUT2D eigenvalue weighted by atomic mass is 16.7. The van der Waals surface area contributed by atoms with Crippen molar-refractivity contribution in [3.63, 3.8) is 0 Å². The van der Waals surface area contributed by atoms with Crippen molar-refractivity contribution in [2.45, 2.75) is 44.3 Å². The third-order valence-corrected chi connectivity index (χ3v) is 4.41. The third kappa shape index (κ3) is 2.33. The van der Waals surface area contributed by atoms with E-state index in [1.165, 1.54) is 12.1 Å². The van der Waals surface area contributed by atoms with Crippen LogP contribution in [0.15, 0.2) is 18.3 Å². The molecule has 0 spiro atoms. The van der Waals surface area contributed by atoms with Crippen molar-refractivity contribution >= 4 is 6.08 Å². The Morgan fingerprint density at radius 2 is 2.36 bits per heavy atom. The van der Waals surface area contributed by atoms with Crippen LogP contribution in [0.3, 0.4) is 0 Å². The van der Waals surface area contributed by atoms with E-state index in [1.54, 1.807) is 6.07 Å². The van der Waals surface area contributed by atoms with E-state index < -0.39 is 10.7 Å². The second-order valence-electron chi connectivity index (χ2n) is 5.66. The molecule has 1 saturated carbocycles. The Labute approximate surface area is 128 Å². The summed E-state index contributed by atoms with van der Waals surface area (Å²) in [4.78, 5) is 10.1. The summed E-state index contributed by atoms with van der Waals surface area (Å²) in [6, 6.07) is 3.22. The zero-order valence-corrected chi connectivity index (χ0v) is 12.4. The van der Waals surface area contributed by atoms with Gasteiger partial charge in [-0.15, -0.1) is 0 Å². The van der Waals surface area contributed by atoms with Gasteiger partial charge in [0, 0.05) is 30.2 Å². The van der Waals surface area contributed by atoms with Crippen LogP contribution in [0.4, 0.5) is 0 Å². The molecular formula is C16H19NO5. The Bertz CT molecular complexity index is 623. The topological polar surface area (TPSA) is 81.8 Å². The maximum atomic E-state index is 10.6. The number of rotatable bonds is 4. The molecule has 1 N–H and O–H groups in total. The fraction of sp³-hybridized carbons (Fsp3) is 0.500. The molecule has 0 radical (unpaired) electrons. The van der Waals surface area contributed by atoms with Crippen molar-refractivity contribution < 1.29 is 19.5 Å². The third-order valence-electron chi connectivity index (χ3n) is 4.41. The Kier molecular flexibility index (Phi) is 3.78. The van der Waals surface area contributed by atoms with Crippen LogP contribution in [0.5, 0.6) is 11.5 Å². The smallest absolute Gasteiger partial charge is 0.235 e. The van der Waals surface area contributed by atoms with Crippen molar-refractivity contribution in [2.24, 2.45) is 0 Å². The van der Waals surface area contributed by atoms with Crippen LogP contribution in [0, 0.1) is 10.1 Å². The molecule has 0 amide bonds. The first kappa shape index (κ1) is 14.8. The molecule has 118 valence electrons. The molecule has 0 aromatic heterocycles. The normalized spacial score (nSPS) is 26.5. The molecular weight excluding hydrogens is 286 g/mol. The minimum absolute atomic E-state index is 0.00490. The van der Waals surface area contributed by atoms with Crippen LogP contribution in [-0.2, 0) is 4.74 Å². The molecule has 1 aromatic carbocycles.